The molecule has 0 saturated heterocycles. The van der Waals surface area contributed by atoms with Gasteiger partial charge in [0.2, 0.25) is 0 Å². The van der Waals surface area contributed by atoms with Crippen LogP contribution in [-0.4, -0.2) is 52.2 Å². The molecule has 0 fully saturated rings. The van der Waals surface area contributed by atoms with Crippen LogP contribution in [0.2, 0.25) is 0 Å². The predicted octanol–water partition coefficient (Wildman–Crippen LogP) is 5.32. The molecule has 0 N–H and O–H groups in total. The fourth-order valence-electron chi connectivity index (χ4n) is 4.25. The highest BCUT2D eigenvalue weighted by atomic mass is 16.5. The molecule has 0 atom stereocenters. The van der Waals surface area contributed by atoms with Crippen molar-refractivity contribution in [2.45, 2.75) is 33.4 Å². The first-order valence-electron chi connectivity index (χ1n) is 11.9. The standard InChI is InChI=1S/C28H34N4O2/c1-21(2)12-13-32-20-29-16-23(32)17-31-18-26(27(19-31)28(33)30(3)14-15-34-4)25-11-7-9-22-8-5-6-10-24(22)25/h5-11,16,18-21H,12-15,17H2,1-4H3. The topological polar surface area (TPSA) is 52.3 Å². The van der Waals surface area contributed by atoms with Crippen molar-refractivity contribution < 1.29 is 9.53 Å². The number of hydrogen-bond donors (Lipinski definition) is 0. The third-order valence-corrected chi connectivity index (χ3v) is 6.26. The van der Waals surface area contributed by atoms with Crippen molar-refractivity contribution >= 4 is 16.7 Å². The van der Waals surface area contributed by atoms with E-state index >= 15 is 0 Å². The van der Waals surface area contributed by atoms with Crippen molar-refractivity contribution in [1.82, 2.24) is 19.0 Å². The van der Waals surface area contributed by atoms with E-state index in [0.29, 0.717) is 31.2 Å². The highest BCUT2D eigenvalue weighted by Crippen LogP contribution is 2.32. The summed E-state index contributed by atoms with van der Waals surface area (Å²) < 4.78 is 9.51. The first-order chi connectivity index (χ1) is 16.5. The lowest BCUT2D eigenvalue weighted by molar-refractivity contribution is 0.0745. The molecule has 0 bridgehead atoms. The van der Waals surface area contributed by atoms with Crippen molar-refractivity contribution in [3.8, 4) is 11.1 Å². The summed E-state index contributed by atoms with van der Waals surface area (Å²) in [5.74, 6) is 0.624. The Kier molecular flexibility index (Phi) is 7.48. The van der Waals surface area contributed by atoms with Crippen LogP contribution in [0.15, 0.2) is 67.4 Å². The maximum atomic E-state index is 13.5. The number of nitrogens with zero attached hydrogens (tertiary/aromatic N) is 4. The van der Waals surface area contributed by atoms with E-state index in [1.807, 2.05) is 37.9 Å². The van der Waals surface area contributed by atoms with E-state index in [9.17, 15) is 4.79 Å². The number of hydrogen-bond acceptors (Lipinski definition) is 3. The fraction of sp³-hybridized carbons (Fsp3) is 0.357. The summed E-state index contributed by atoms with van der Waals surface area (Å²) in [6.45, 7) is 7.11. The molecule has 178 valence electrons. The van der Waals surface area contributed by atoms with Crippen LogP contribution in [0.25, 0.3) is 21.9 Å². The lowest BCUT2D eigenvalue weighted by Gasteiger charge is -2.17. The number of carbonyl (C=O) groups is 1. The molecule has 2 heterocycles. The van der Waals surface area contributed by atoms with Gasteiger partial charge in [0.25, 0.3) is 5.91 Å². The Morgan fingerprint density at radius 2 is 1.88 bits per heavy atom. The minimum atomic E-state index is -0.00736. The van der Waals surface area contributed by atoms with Crippen molar-refractivity contribution in [2.24, 2.45) is 5.92 Å². The van der Waals surface area contributed by atoms with Crippen molar-refractivity contribution in [3.63, 3.8) is 0 Å². The van der Waals surface area contributed by atoms with Crippen molar-refractivity contribution in [2.75, 3.05) is 27.3 Å². The number of rotatable bonds is 10. The third kappa shape index (κ3) is 5.23. The van der Waals surface area contributed by atoms with Gasteiger partial charge in [0.05, 0.1) is 30.7 Å². The lowest BCUT2D eigenvalue weighted by atomic mass is 9.97. The molecular weight excluding hydrogens is 424 g/mol. The summed E-state index contributed by atoms with van der Waals surface area (Å²) in [5, 5.41) is 2.30. The number of benzene rings is 2. The second kappa shape index (κ2) is 10.7. The number of methoxy groups -OCH3 is 1. The largest absolute Gasteiger partial charge is 0.383 e. The molecule has 2 aromatic heterocycles. The summed E-state index contributed by atoms with van der Waals surface area (Å²) >= 11 is 0. The van der Waals surface area contributed by atoms with E-state index in [0.717, 1.165) is 40.6 Å². The number of likely N-dealkylation sites (N-methyl/N-ethyl adjacent to an activating group) is 1. The minimum Gasteiger partial charge on any atom is -0.383 e. The van der Waals surface area contributed by atoms with Gasteiger partial charge in [-0.15, -0.1) is 0 Å². The van der Waals surface area contributed by atoms with Crippen LogP contribution in [0.4, 0.5) is 0 Å². The van der Waals surface area contributed by atoms with Gasteiger partial charge in [-0.1, -0.05) is 56.3 Å². The third-order valence-electron chi connectivity index (χ3n) is 6.26. The zero-order valence-electron chi connectivity index (χ0n) is 20.6. The molecule has 4 rings (SSSR count). The molecule has 0 aliphatic heterocycles. The lowest BCUT2D eigenvalue weighted by Crippen LogP contribution is -2.30. The van der Waals surface area contributed by atoms with Crippen LogP contribution < -0.4 is 0 Å². The van der Waals surface area contributed by atoms with Crippen molar-refractivity contribution in [1.29, 1.82) is 0 Å². The molecule has 0 saturated carbocycles. The number of fused-ring (bicyclic) bond motifs is 1. The summed E-state index contributed by atoms with van der Waals surface area (Å²) in [6.07, 6.45) is 8.99. The van der Waals surface area contributed by atoms with E-state index in [1.165, 1.54) is 0 Å². The zero-order valence-corrected chi connectivity index (χ0v) is 20.6. The van der Waals surface area contributed by atoms with Crippen LogP contribution in [0, 0.1) is 5.92 Å². The van der Waals surface area contributed by atoms with Gasteiger partial charge in [0.1, 0.15) is 0 Å². The first-order valence-corrected chi connectivity index (χ1v) is 11.9. The molecule has 6 heteroatoms. The monoisotopic (exact) mass is 458 g/mol. The number of carbonyl (C=O) groups excluding carboxylic acids is 1. The Labute approximate surface area is 201 Å². The second-order valence-electron chi connectivity index (χ2n) is 9.26. The summed E-state index contributed by atoms with van der Waals surface area (Å²) in [6, 6.07) is 14.6. The maximum absolute atomic E-state index is 13.5. The maximum Gasteiger partial charge on any atom is 0.255 e. The molecule has 0 aliphatic rings. The van der Waals surface area contributed by atoms with Crippen LogP contribution in [-0.2, 0) is 17.8 Å². The quantitative estimate of drug-likeness (QED) is 0.323. The molecule has 1 amide bonds. The molecule has 4 aromatic rings. The molecule has 6 nitrogen and oxygen atoms in total. The first kappa shape index (κ1) is 23.8. The Bertz CT molecular complexity index is 1250. The molecule has 34 heavy (non-hydrogen) atoms. The molecule has 0 spiro atoms. The van der Waals surface area contributed by atoms with Gasteiger partial charge in [0, 0.05) is 51.4 Å². The average Bonchev–Trinajstić information content (AvgIpc) is 3.47. The highest BCUT2D eigenvalue weighted by Gasteiger charge is 2.21. The smallest absolute Gasteiger partial charge is 0.255 e. The summed E-state index contributed by atoms with van der Waals surface area (Å²) in [4.78, 5) is 19.6. The normalized spacial score (nSPS) is 11.4. The Morgan fingerprint density at radius 3 is 2.68 bits per heavy atom. The molecular formula is C28H34N4O2. The number of ether oxygens (including phenoxy) is 1. The fourth-order valence-corrected chi connectivity index (χ4v) is 4.25. The van der Waals surface area contributed by atoms with E-state index in [4.69, 9.17) is 4.74 Å². The van der Waals surface area contributed by atoms with E-state index in [1.54, 1.807) is 12.0 Å². The number of aromatic nitrogens is 3. The molecule has 0 unspecified atom stereocenters. The average molecular weight is 459 g/mol. The van der Waals surface area contributed by atoms with Crippen molar-refractivity contribution in [3.05, 3.63) is 78.6 Å². The zero-order chi connectivity index (χ0) is 24.1. The van der Waals surface area contributed by atoms with Gasteiger partial charge >= 0.3 is 0 Å². The predicted molar refractivity (Wildman–Crippen MR) is 137 cm³/mol. The van der Waals surface area contributed by atoms with Crippen LogP contribution in [0.5, 0.6) is 0 Å². The van der Waals surface area contributed by atoms with Gasteiger partial charge in [-0.2, -0.15) is 0 Å². The summed E-state index contributed by atoms with van der Waals surface area (Å²) in [7, 11) is 3.48. The number of aryl methyl sites for hydroxylation is 1. The molecule has 0 radical (unpaired) electrons. The Hall–Kier alpha value is -3.38. The van der Waals surface area contributed by atoms with Crippen LogP contribution in [0.3, 0.4) is 0 Å². The van der Waals surface area contributed by atoms with Gasteiger partial charge in [-0.3, -0.25) is 4.79 Å². The Balaban J connectivity index is 1.73. The van der Waals surface area contributed by atoms with Gasteiger partial charge in [0.15, 0.2) is 0 Å². The number of amides is 1. The number of imidazole rings is 1. The second-order valence-corrected chi connectivity index (χ2v) is 9.26. The Morgan fingerprint density at radius 1 is 1.09 bits per heavy atom. The molecule has 2 aromatic carbocycles. The van der Waals surface area contributed by atoms with Gasteiger partial charge < -0.3 is 18.8 Å². The van der Waals surface area contributed by atoms with Gasteiger partial charge in [-0.05, 0) is 28.7 Å². The van der Waals surface area contributed by atoms with Gasteiger partial charge in [-0.25, -0.2) is 4.98 Å². The van der Waals surface area contributed by atoms with E-state index in [2.05, 4.69) is 64.5 Å². The SMILES string of the molecule is COCCN(C)C(=O)c1cn(Cc2cncn2CCC(C)C)cc1-c1cccc2ccccc12. The highest BCUT2D eigenvalue weighted by molar-refractivity contribution is 6.05. The van der Waals surface area contributed by atoms with Crippen LogP contribution >= 0.6 is 0 Å². The molecule has 0 aliphatic carbocycles. The van der Waals surface area contributed by atoms with Crippen LogP contribution in [0.1, 0.15) is 36.3 Å². The van der Waals surface area contributed by atoms with E-state index in [-0.39, 0.29) is 5.91 Å². The minimum absolute atomic E-state index is 0.00736. The van der Waals surface area contributed by atoms with E-state index < -0.39 is 0 Å². The summed E-state index contributed by atoms with van der Waals surface area (Å²) in [5.41, 5.74) is 3.84.